The normalized spacial score (nSPS) is 22.6. The molecule has 7 nitrogen and oxygen atoms in total. The maximum absolute atomic E-state index is 5.96. The Balaban J connectivity index is 1.95. The number of fused-ring (bicyclic) bond motifs is 1. The number of aryl methyl sites for hydroxylation is 1. The van der Waals surface area contributed by atoms with E-state index in [1.54, 1.807) is 20.5 Å². The summed E-state index contributed by atoms with van der Waals surface area (Å²) in [4.78, 5) is 13.0. The van der Waals surface area contributed by atoms with E-state index >= 15 is 0 Å². The average molecular weight is 278 g/mol. The molecule has 0 bridgehead atoms. The van der Waals surface area contributed by atoms with Crippen molar-refractivity contribution in [3.63, 3.8) is 0 Å². The molecule has 0 unspecified atom stereocenters. The van der Waals surface area contributed by atoms with Crippen LogP contribution in [0.1, 0.15) is 24.9 Å². The SMILES string of the molecule is COC[C@@H]1CC[C@H](n2cnc3c(OC)nc(C)nc32)O1. The second-order valence-electron chi connectivity index (χ2n) is 4.85. The largest absolute Gasteiger partial charge is 0.479 e. The summed E-state index contributed by atoms with van der Waals surface area (Å²) in [5.41, 5.74) is 1.41. The van der Waals surface area contributed by atoms with Crippen molar-refractivity contribution in [1.29, 1.82) is 0 Å². The van der Waals surface area contributed by atoms with Crippen LogP contribution in [-0.4, -0.2) is 46.4 Å². The number of rotatable bonds is 4. The van der Waals surface area contributed by atoms with Gasteiger partial charge in [-0.25, -0.2) is 9.97 Å². The molecule has 2 aromatic rings. The summed E-state index contributed by atoms with van der Waals surface area (Å²) in [5, 5.41) is 0. The summed E-state index contributed by atoms with van der Waals surface area (Å²) < 4.78 is 18.3. The van der Waals surface area contributed by atoms with Crippen LogP contribution in [0.15, 0.2) is 6.33 Å². The van der Waals surface area contributed by atoms with E-state index in [2.05, 4.69) is 15.0 Å². The van der Waals surface area contributed by atoms with Gasteiger partial charge in [-0.1, -0.05) is 0 Å². The lowest BCUT2D eigenvalue weighted by Gasteiger charge is -2.14. The van der Waals surface area contributed by atoms with Gasteiger partial charge in [0.1, 0.15) is 12.1 Å². The van der Waals surface area contributed by atoms with Crippen LogP contribution in [0, 0.1) is 6.92 Å². The van der Waals surface area contributed by atoms with Gasteiger partial charge < -0.3 is 14.2 Å². The van der Waals surface area contributed by atoms with Gasteiger partial charge in [0.2, 0.25) is 5.88 Å². The highest BCUT2D eigenvalue weighted by molar-refractivity contribution is 5.76. The van der Waals surface area contributed by atoms with Crippen LogP contribution >= 0.6 is 0 Å². The van der Waals surface area contributed by atoms with Crippen molar-refractivity contribution in [2.45, 2.75) is 32.1 Å². The molecule has 0 radical (unpaired) electrons. The molecular weight excluding hydrogens is 260 g/mol. The molecule has 0 aliphatic carbocycles. The van der Waals surface area contributed by atoms with E-state index in [1.165, 1.54) is 0 Å². The summed E-state index contributed by atoms with van der Waals surface area (Å²) in [6.07, 6.45) is 3.71. The second kappa shape index (κ2) is 5.34. The van der Waals surface area contributed by atoms with Gasteiger partial charge in [0, 0.05) is 7.11 Å². The molecular formula is C13H18N4O3. The molecule has 7 heteroatoms. The third-order valence-corrected chi connectivity index (χ3v) is 3.44. The number of ether oxygens (including phenoxy) is 3. The Bertz CT molecular complexity index is 613. The smallest absolute Gasteiger partial charge is 0.245 e. The second-order valence-corrected chi connectivity index (χ2v) is 4.85. The first kappa shape index (κ1) is 13.3. The van der Waals surface area contributed by atoms with Gasteiger partial charge >= 0.3 is 0 Å². The van der Waals surface area contributed by atoms with Crippen LogP contribution in [0.5, 0.6) is 5.88 Å². The fraction of sp³-hybridized carbons (Fsp3) is 0.615. The van der Waals surface area contributed by atoms with E-state index in [4.69, 9.17) is 14.2 Å². The minimum absolute atomic E-state index is 0.0563. The Kier molecular flexibility index (Phi) is 3.54. The molecule has 1 saturated heterocycles. The van der Waals surface area contributed by atoms with Crippen molar-refractivity contribution in [3.8, 4) is 5.88 Å². The predicted molar refractivity (Wildman–Crippen MR) is 71.6 cm³/mol. The quantitative estimate of drug-likeness (QED) is 0.843. The highest BCUT2D eigenvalue weighted by Gasteiger charge is 2.28. The summed E-state index contributed by atoms with van der Waals surface area (Å²) in [6.45, 7) is 2.45. The molecule has 1 aliphatic rings. The lowest BCUT2D eigenvalue weighted by Crippen LogP contribution is -2.15. The van der Waals surface area contributed by atoms with Gasteiger partial charge in [0.05, 0.1) is 26.1 Å². The van der Waals surface area contributed by atoms with E-state index in [0.717, 1.165) is 18.5 Å². The molecule has 2 atom stereocenters. The molecule has 3 rings (SSSR count). The maximum atomic E-state index is 5.96. The zero-order valence-corrected chi connectivity index (χ0v) is 11.9. The molecule has 20 heavy (non-hydrogen) atoms. The van der Waals surface area contributed by atoms with Crippen LogP contribution in [0.3, 0.4) is 0 Å². The van der Waals surface area contributed by atoms with Crippen molar-refractivity contribution < 1.29 is 14.2 Å². The molecule has 0 spiro atoms. The van der Waals surface area contributed by atoms with Crippen molar-refractivity contribution >= 4 is 11.2 Å². The summed E-state index contributed by atoms with van der Waals surface area (Å²) in [7, 11) is 3.27. The molecule has 0 N–H and O–H groups in total. The van der Waals surface area contributed by atoms with Crippen molar-refractivity contribution in [2.75, 3.05) is 20.8 Å². The minimum Gasteiger partial charge on any atom is -0.479 e. The van der Waals surface area contributed by atoms with Crippen LogP contribution in [0.4, 0.5) is 0 Å². The topological polar surface area (TPSA) is 71.3 Å². The summed E-state index contributed by atoms with van der Waals surface area (Å²) in [6, 6.07) is 0. The standard InChI is InChI=1S/C13H18N4O3/c1-8-15-12-11(13(16-8)19-3)14-7-17(12)10-5-4-9(20-10)6-18-2/h7,9-10H,4-6H2,1-3H3/t9-,10+/m0/s1. The highest BCUT2D eigenvalue weighted by Crippen LogP contribution is 2.31. The number of hydrogen-bond donors (Lipinski definition) is 0. The number of imidazole rings is 1. The number of methoxy groups -OCH3 is 2. The Morgan fingerprint density at radius 1 is 1.35 bits per heavy atom. The lowest BCUT2D eigenvalue weighted by atomic mass is 10.2. The molecule has 3 heterocycles. The number of hydrogen-bond acceptors (Lipinski definition) is 6. The van der Waals surface area contributed by atoms with Crippen molar-refractivity contribution in [3.05, 3.63) is 12.2 Å². The first-order chi connectivity index (χ1) is 9.72. The zero-order chi connectivity index (χ0) is 14.1. The maximum Gasteiger partial charge on any atom is 0.245 e. The van der Waals surface area contributed by atoms with Crippen LogP contribution in [0.2, 0.25) is 0 Å². The Morgan fingerprint density at radius 3 is 2.95 bits per heavy atom. The zero-order valence-electron chi connectivity index (χ0n) is 11.9. The first-order valence-electron chi connectivity index (χ1n) is 6.62. The first-order valence-corrected chi connectivity index (χ1v) is 6.62. The predicted octanol–water partition coefficient (Wildman–Crippen LogP) is 1.47. The average Bonchev–Trinajstić information content (AvgIpc) is 3.04. The summed E-state index contributed by atoms with van der Waals surface area (Å²) in [5.74, 6) is 1.15. The van der Waals surface area contributed by atoms with Gasteiger partial charge in [0.15, 0.2) is 11.2 Å². The Hall–Kier alpha value is -1.73. The van der Waals surface area contributed by atoms with Gasteiger partial charge in [-0.2, -0.15) is 4.98 Å². The molecule has 0 saturated carbocycles. The minimum atomic E-state index is -0.0563. The third kappa shape index (κ3) is 2.23. The Labute approximate surface area is 116 Å². The van der Waals surface area contributed by atoms with Crippen molar-refractivity contribution in [2.24, 2.45) is 0 Å². The number of aromatic nitrogens is 4. The van der Waals surface area contributed by atoms with Gasteiger partial charge in [-0.15, -0.1) is 0 Å². The van der Waals surface area contributed by atoms with E-state index in [1.807, 2.05) is 11.5 Å². The van der Waals surface area contributed by atoms with E-state index in [-0.39, 0.29) is 12.3 Å². The van der Waals surface area contributed by atoms with Gasteiger partial charge in [-0.05, 0) is 19.8 Å². The molecule has 0 amide bonds. The monoisotopic (exact) mass is 278 g/mol. The molecule has 1 fully saturated rings. The lowest BCUT2D eigenvalue weighted by molar-refractivity contribution is -0.0300. The fourth-order valence-electron chi connectivity index (χ4n) is 2.55. The molecule has 1 aliphatic heterocycles. The molecule has 0 aromatic carbocycles. The van der Waals surface area contributed by atoms with Crippen LogP contribution < -0.4 is 4.74 Å². The van der Waals surface area contributed by atoms with Crippen molar-refractivity contribution in [1.82, 2.24) is 19.5 Å². The Morgan fingerprint density at radius 2 is 2.20 bits per heavy atom. The van der Waals surface area contributed by atoms with Crippen LogP contribution in [0.25, 0.3) is 11.2 Å². The fourth-order valence-corrected chi connectivity index (χ4v) is 2.55. The van der Waals surface area contributed by atoms with E-state index in [9.17, 15) is 0 Å². The number of nitrogens with zero attached hydrogens (tertiary/aromatic N) is 4. The van der Waals surface area contributed by atoms with E-state index in [0.29, 0.717) is 23.8 Å². The summed E-state index contributed by atoms with van der Waals surface area (Å²) >= 11 is 0. The van der Waals surface area contributed by atoms with Crippen LogP contribution in [-0.2, 0) is 9.47 Å². The van der Waals surface area contributed by atoms with Gasteiger partial charge in [-0.3, -0.25) is 4.57 Å². The van der Waals surface area contributed by atoms with E-state index < -0.39 is 0 Å². The highest BCUT2D eigenvalue weighted by atomic mass is 16.5. The van der Waals surface area contributed by atoms with Gasteiger partial charge in [0.25, 0.3) is 0 Å². The third-order valence-electron chi connectivity index (χ3n) is 3.44. The molecule has 2 aromatic heterocycles. The molecule has 108 valence electrons.